The van der Waals surface area contributed by atoms with Gasteiger partial charge in [0, 0.05) is 30.0 Å². The van der Waals surface area contributed by atoms with Crippen molar-refractivity contribution in [1.29, 1.82) is 0 Å². The smallest absolute Gasteiger partial charge is 0.203 e. The summed E-state index contributed by atoms with van der Waals surface area (Å²) in [5.74, 6) is 0.935. The van der Waals surface area contributed by atoms with Crippen LogP contribution in [0.15, 0.2) is 24.1 Å². The summed E-state index contributed by atoms with van der Waals surface area (Å²) in [6.45, 7) is 3.96. The summed E-state index contributed by atoms with van der Waals surface area (Å²) in [5.41, 5.74) is 1.84. The van der Waals surface area contributed by atoms with Gasteiger partial charge in [0.25, 0.3) is 0 Å². The normalized spacial score (nSPS) is 10.5. The molecule has 0 bridgehead atoms. The van der Waals surface area contributed by atoms with Crippen molar-refractivity contribution in [2.24, 2.45) is 0 Å². The summed E-state index contributed by atoms with van der Waals surface area (Å²) in [6.07, 6.45) is 6.82. The number of nitrogens with zero attached hydrogens (tertiary/aromatic N) is 3. The molecule has 0 aliphatic rings. The van der Waals surface area contributed by atoms with Crippen LogP contribution >= 0.6 is 11.3 Å². The van der Waals surface area contributed by atoms with Crippen LogP contribution in [0.3, 0.4) is 0 Å². The van der Waals surface area contributed by atoms with Crippen molar-refractivity contribution in [3.05, 3.63) is 29.0 Å². The first-order valence-electron chi connectivity index (χ1n) is 5.02. The molecule has 0 aliphatic heterocycles. The molecule has 2 heterocycles. The fourth-order valence-corrected chi connectivity index (χ4v) is 1.93. The summed E-state index contributed by atoms with van der Waals surface area (Å²) in [6, 6.07) is 0. The van der Waals surface area contributed by atoms with E-state index in [1.54, 1.807) is 11.3 Å². The molecule has 2 aromatic heterocycles. The van der Waals surface area contributed by atoms with Crippen molar-refractivity contribution in [2.45, 2.75) is 26.4 Å². The zero-order valence-electron chi connectivity index (χ0n) is 8.68. The van der Waals surface area contributed by atoms with E-state index in [1.807, 2.05) is 24.1 Å². The number of aryl methyl sites for hydroxylation is 1. The van der Waals surface area contributed by atoms with Crippen LogP contribution in [0, 0.1) is 0 Å². The van der Waals surface area contributed by atoms with Gasteiger partial charge < -0.3 is 9.88 Å². The minimum Gasteiger partial charge on any atom is -0.351 e. The lowest BCUT2D eigenvalue weighted by atomic mass is 10.5. The van der Waals surface area contributed by atoms with Gasteiger partial charge in [-0.2, -0.15) is 0 Å². The van der Waals surface area contributed by atoms with Crippen LogP contribution in [-0.4, -0.2) is 14.5 Å². The summed E-state index contributed by atoms with van der Waals surface area (Å²) >= 11 is 1.65. The van der Waals surface area contributed by atoms with Gasteiger partial charge in [0.1, 0.15) is 0 Å². The Bertz CT molecular complexity index is 393. The van der Waals surface area contributed by atoms with E-state index in [9.17, 15) is 0 Å². The van der Waals surface area contributed by atoms with Crippen LogP contribution in [0.2, 0.25) is 0 Å². The largest absolute Gasteiger partial charge is 0.351 e. The van der Waals surface area contributed by atoms with Crippen molar-refractivity contribution in [2.75, 3.05) is 5.32 Å². The van der Waals surface area contributed by atoms with Crippen LogP contribution in [0.4, 0.5) is 5.95 Å². The number of imidazole rings is 1. The molecule has 0 spiro atoms. The molecule has 0 aliphatic carbocycles. The number of nitrogens with one attached hydrogen (secondary N) is 1. The van der Waals surface area contributed by atoms with Crippen LogP contribution in [0.5, 0.6) is 0 Å². The lowest BCUT2D eigenvalue weighted by molar-refractivity contribution is 0.682. The van der Waals surface area contributed by atoms with Crippen LogP contribution in [-0.2, 0) is 13.1 Å². The molecule has 0 atom stereocenters. The van der Waals surface area contributed by atoms with Crippen molar-refractivity contribution >= 4 is 17.3 Å². The van der Waals surface area contributed by atoms with Crippen LogP contribution in [0.25, 0.3) is 0 Å². The fourth-order valence-electron chi connectivity index (χ4n) is 1.39. The Labute approximate surface area is 93.0 Å². The average Bonchev–Trinajstić information content (AvgIpc) is 2.85. The quantitative estimate of drug-likeness (QED) is 0.844. The van der Waals surface area contributed by atoms with Gasteiger partial charge >= 0.3 is 0 Å². The molecule has 0 unspecified atom stereocenters. The lowest BCUT2D eigenvalue weighted by Gasteiger charge is -2.07. The molecule has 15 heavy (non-hydrogen) atoms. The predicted octanol–water partition coefficient (Wildman–Crippen LogP) is 2.36. The topological polar surface area (TPSA) is 42.7 Å². The van der Waals surface area contributed by atoms with Gasteiger partial charge in [0.15, 0.2) is 0 Å². The Kier molecular flexibility index (Phi) is 3.34. The maximum atomic E-state index is 4.27. The Hall–Kier alpha value is -1.36. The zero-order chi connectivity index (χ0) is 10.5. The van der Waals surface area contributed by atoms with Gasteiger partial charge in [-0.15, -0.1) is 11.3 Å². The first kappa shape index (κ1) is 10.2. The van der Waals surface area contributed by atoms with E-state index in [0.29, 0.717) is 0 Å². The maximum absolute atomic E-state index is 4.27. The highest BCUT2D eigenvalue weighted by Gasteiger charge is 2.01. The number of anilines is 1. The summed E-state index contributed by atoms with van der Waals surface area (Å²) < 4.78 is 2.13. The monoisotopic (exact) mass is 222 g/mol. The van der Waals surface area contributed by atoms with Gasteiger partial charge in [-0.1, -0.05) is 6.92 Å². The highest BCUT2D eigenvalue weighted by Crippen LogP contribution is 2.10. The summed E-state index contributed by atoms with van der Waals surface area (Å²) in [5, 5.41) is 3.30. The van der Waals surface area contributed by atoms with Gasteiger partial charge in [0.05, 0.1) is 12.1 Å². The number of rotatable bonds is 5. The van der Waals surface area contributed by atoms with Gasteiger partial charge in [-0.05, 0) is 6.42 Å². The van der Waals surface area contributed by atoms with Crippen molar-refractivity contribution in [3.8, 4) is 0 Å². The molecule has 80 valence electrons. The lowest BCUT2D eigenvalue weighted by Crippen LogP contribution is -2.06. The zero-order valence-corrected chi connectivity index (χ0v) is 9.50. The highest BCUT2D eigenvalue weighted by molar-refractivity contribution is 7.09. The Morgan fingerprint density at radius 1 is 1.53 bits per heavy atom. The molecule has 2 aromatic rings. The molecule has 0 amide bonds. The van der Waals surface area contributed by atoms with Crippen LogP contribution < -0.4 is 5.32 Å². The average molecular weight is 222 g/mol. The Morgan fingerprint density at radius 2 is 2.47 bits per heavy atom. The van der Waals surface area contributed by atoms with E-state index >= 15 is 0 Å². The van der Waals surface area contributed by atoms with Gasteiger partial charge in [-0.25, -0.2) is 4.98 Å². The molecule has 1 N–H and O–H groups in total. The van der Waals surface area contributed by atoms with E-state index in [4.69, 9.17) is 0 Å². The molecule has 5 heteroatoms. The van der Waals surface area contributed by atoms with Crippen LogP contribution in [0.1, 0.15) is 18.2 Å². The number of aromatic nitrogens is 3. The van der Waals surface area contributed by atoms with Crippen molar-refractivity contribution in [3.63, 3.8) is 0 Å². The second-order valence-electron chi connectivity index (χ2n) is 3.27. The molecule has 0 saturated heterocycles. The molecule has 0 fully saturated rings. The SMILES string of the molecule is CCCn1ccnc1NCc1cncs1. The molecular formula is C10H14N4S. The van der Waals surface area contributed by atoms with E-state index in [0.717, 1.165) is 25.5 Å². The minimum atomic E-state index is 0.797. The first-order chi connectivity index (χ1) is 7.40. The van der Waals surface area contributed by atoms with E-state index in [2.05, 4.69) is 26.8 Å². The second kappa shape index (κ2) is 4.93. The molecule has 0 aromatic carbocycles. The number of hydrogen-bond donors (Lipinski definition) is 1. The first-order valence-corrected chi connectivity index (χ1v) is 5.90. The third kappa shape index (κ3) is 2.56. The number of hydrogen-bond acceptors (Lipinski definition) is 4. The van der Waals surface area contributed by atoms with E-state index in [-0.39, 0.29) is 0 Å². The Balaban J connectivity index is 1.95. The van der Waals surface area contributed by atoms with Gasteiger partial charge in [0.2, 0.25) is 5.95 Å². The fraction of sp³-hybridized carbons (Fsp3) is 0.400. The Morgan fingerprint density at radius 3 is 3.20 bits per heavy atom. The summed E-state index contributed by atoms with van der Waals surface area (Å²) in [4.78, 5) is 9.53. The third-order valence-corrected chi connectivity index (χ3v) is 2.86. The number of thiazole rings is 1. The minimum absolute atomic E-state index is 0.797. The van der Waals surface area contributed by atoms with Gasteiger partial charge in [-0.3, -0.25) is 4.98 Å². The van der Waals surface area contributed by atoms with Crippen molar-refractivity contribution in [1.82, 2.24) is 14.5 Å². The predicted molar refractivity (Wildman–Crippen MR) is 62.0 cm³/mol. The molecular weight excluding hydrogens is 208 g/mol. The third-order valence-electron chi connectivity index (χ3n) is 2.08. The second-order valence-corrected chi connectivity index (χ2v) is 4.24. The molecule has 4 nitrogen and oxygen atoms in total. The van der Waals surface area contributed by atoms with Crippen molar-refractivity contribution < 1.29 is 0 Å². The molecule has 0 saturated carbocycles. The standard InChI is InChI=1S/C10H14N4S/c1-2-4-14-5-3-12-10(14)13-7-9-6-11-8-15-9/h3,5-6,8H,2,4,7H2,1H3,(H,12,13). The van der Waals surface area contributed by atoms with E-state index < -0.39 is 0 Å². The van der Waals surface area contributed by atoms with E-state index in [1.165, 1.54) is 4.88 Å². The molecule has 0 radical (unpaired) electrons. The summed E-state index contributed by atoms with van der Waals surface area (Å²) in [7, 11) is 0. The maximum Gasteiger partial charge on any atom is 0.203 e. The molecule has 2 rings (SSSR count). The highest BCUT2D eigenvalue weighted by atomic mass is 32.1.